The standard InChI is InChI=1S/C27H32F6N4O2/c28-26(29,30)21-8-6-18(7-9-21)3-1-5-22(39)20-4-2-12-37(16-20)24-15-23(34-25(35-24)27(31,32)33)36-13-10-19(17-38)11-14-36/h6-9,15,19-20,38H,1-5,10-14,16-17H2/t20-/m1/s1. The zero-order chi connectivity index (χ0) is 28.2. The van der Waals surface area contributed by atoms with Crippen LogP contribution in [0.1, 0.15) is 55.5 Å². The zero-order valence-electron chi connectivity index (χ0n) is 21.4. The highest BCUT2D eigenvalue weighted by molar-refractivity contribution is 5.81. The molecule has 39 heavy (non-hydrogen) atoms. The molecule has 0 spiro atoms. The van der Waals surface area contributed by atoms with Crippen molar-refractivity contribution >= 4 is 17.4 Å². The van der Waals surface area contributed by atoms with Crippen molar-refractivity contribution in [3.63, 3.8) is 0 Å². The number of nitrogens with zero attached hydrogens (tertiary/aromatic N) is 4. The number of Topliss-reactive ketones (excluding diaryl/α,β-unsaturated/α-hetero) is 1. The Labute approximate surface area is 223 Å². The summed E-state index contributed by atoms with van der Waals surface area (Å²) >= 11 is 0. The van der Waals surface area contributed by atoms with E-state index in [9.17, 15) is 36.2 Å². The Morgan fingerprint density at radius 1 is 0.897 bits per heavy atom. The Morgan fingerprint density at radius 2 is 1.54 bits per heavy atom. The van der Waals surface area contributed by atoms with Gasteiger partial charge in [0.1, 0.15) is 17.4 Å². The van der Waals surface area contributed by atoms with Crippen LogP contribution in [-0.2, 0) is 23.6 Å². The van der Waals surface area contributed by atoms with Crippen LogP contribution < -0.4 is 9.80 Å². The number of aromatic nitrogens is 2. The van der Waals surface area contributed by atoms with Crippen LogP contribution in [0.2, 0.25) is 0 Å². The van der Waals surface area contributed by atoms with Crippen LogP contribution in [0.15, 0.2) is 30.3 Å². The quantitative estimate of drug-likeness (QED) is 0.430. The third kappa shape index (κ3) is 7.61. The number of hydrogen-bond donors (Lipinski definition) is 1. The maximum absolute atomic E-state index is 13.7. The molecule has 0 aliphatic carbocycles. The lowest BCUT2D eigenvalue weighted by Gasteiger charge is -2.35. The van der Waals surface area contributed by atoms with Crippen molar-refractivity contribution in [1.29, 1.82) is 0 Å². The van der Waals surface area contributed by atoms with Crippen LogP contribution >= 0.6 is 0 Å². The molecule has 0 amide bonds. The Balaban J connectivity index is 1.39. The second kappa shape index (κ2) is 12.1. The molecule has 214 valence electrons. The summed E-state index contributed by atoms with van der Waals surface area (Å²) in [6.45, 7) is 1.73. The number of aryl methyl sites for hydroxylation is 1. The molecule has 4 rings (SSSR count). The smallest absolute Gasteiger partial charge is 0.396 e. The van der Waals surface area contributed by atoms with Gasteiger partial charge in [0.15, 0.2) is 0 Å². The molecule has 0 bridgehead atoms. The summed E-state index contributed by atoms with van der Waals surface area (Å²) in [6.07, 6.45) is -5.40. The largest absolute Gasteiger partial charge is 0.451 e. The number of alkyl halides is 6. The summed E-state index contributed by atoms with van der Waals surface area (Å²) in [4.78, 5) is 24.0. The summed E-state index contributed by atoms with van der Waals surface area (Å²) in [5.74, 6) is -1.14. The van der Waals surface area contributed by atoms with E-state index in [-0.39, 0.29) is 48.8 Å². The molecule has 2 fully saturated rings. The summed E-state index contributed by atoms with van der Waals surface area (Å²) in [6, 6.07) is 6.41. The van der Waals surface area contributed by atoms with Crippen LogP contribution in [-0.4, -0.2) is 53.6 Å². The molecule has 2 saturated heterocycles. The lowest BCUT2D eigenvalue weighted by Crippen LogP contribution is -2.40. The van der Waals surface area contributed by atoms with Gasteiger partial charge in [0.05, 0.1) is 5.56 Å². The van der Waals surface area contributed by atoms with Crippen molar-refractivity contribution in [2.24, 2.45) is 11.8 Å². The highest BCUT2D eigenvalue weighted by atomic mass is 19.4. The highest BCUT2D eigenvalue weighted by Gasteiger charge is 2.37. The predicted molar refractivity (Wildman–Crippen MR) is 133 cm³/mol. The second-order valence-corrected chi connectivity index (χ2v) is 10.3. The van der Waals surface area contributed by atoms with Crippen LogP contribution in [0, 0.1) is 11.8 Å². The number of piperidine rings is 2. The van der Waals surface area contributed by atoms with Gasteiger partial charge in [0.2, 0.25) is 5.82 Å². The number of aliphatic hydroxyl groups is 1. The number of rotatable bonds is 8. The summed E-state index contributed by atoms with van der Waals surface area (Å²) in [5.41, 5.74) is -0.0156. The maximum Gasteiger partial charge on any atom is 0.451 e. The number of carbonyl (C=O) groups excluding carboxylic acids is 1. The monoisotopic (exact) mass is 558 g/mol. The minimum Gasteiger partial charge on any atom is -0.396 e. The van der Waals surface area contributed by atoms with Crippen molar-refractivity contribution in [3.8, 4) is 0 Å². The summed E-state index contributed by atoms with van der Waals surface area (Å²) < 4.78 is 79.2. The Morgan fingerprint density at radius 3 is 2.13 bits per heavy atom. The Kier molecular flexibility index (Phi) is 9.03. The number of hydrogen-bond acceptors (Lipinski definition) is 6. The van der Waals surface area contributed by atoms with Gasteiger partial charge < -0.3 is 14.9 Å². The molecule has 2 aromatic rings. The zero-order valence-corrected chi connectivity index (χ0v) is 21.4. The molecule has 0 saturated carbocycles. The van der Waals surface area contributed by atoms with E-state index in [1.165, 1.54) is 12.1 Å². The van der Waals surface area contributed by atoms with Gasteiger partial charge in [-0.05, 0) is 62.1 Å². The van der Waals surface area contributed by atoms with Crippen molar-refractivity contribution in [2.75, 3.05) is 42.6 Å². The van der Waals surface area contributed by atoms with Crippen molar-refractivity contribution in [1.82, 2.24) is 9.97 Å². The summed E-state index contributed by atoms with van der Waals surface area (Å²) in [7, 11) is 0. The Bertz CT molecular complexity index is 1110. The summed E-state index contributed by atoms with van der Waals surface area (Å²) in [5, 5.41) is 9.37. The van der Waals surface area contributed by atoms with Crippen molar-refractivity contribution in [2.45, 2.75) is 57.3 Å². The molecule has 1 aromatic heterocycles. The molecule has 12 heteroatoms. The molecule has 2 aliphatic rings. The minimum atomic E-state index is -4.72. The molecular formula is C27H32F6N4O2. The molecule has 1 atom stereocenters. The van der Waals surface area contributed by atoms with Crippen LogP contribution in [0.4, 0.5) is 38.0 Å². The lowest BCUT2D eigenvalue weighted by molar-refractivity contribution is -0.145. The average Bonchev–Trinajstić information content (AvgIpc) is 2.92. The number of carbonyl (C=O) groups is 1. The van der Waals surface area contributed by atoms with E-state index < -0.39 is 23.7 Å². The van der Waals surface area contributed by atoms with Gasteiger partial charge in [-0.15, -0.1) is 0 Å². The molecule has 0 unspecified atom stereocenters. The van der Waals surface area contributed by atoms with Crippen molar-refractivity contribution in [3.05, 3.63) is 47.3 Å². The van der Waals surface area contributed by atoms with E-state index >= 15 is 0 Å². The fraction of sp³-hybridized carbons (Fsp3) is 0.593. The molecule has 1 N–H and O–H groups in total. The maximum atomic E-state index is 13.7. The van der Waals surface area contributed by atoms with E-state index in [0.29, 0.717) is 63.7 Å². The van der Waals surface area contributed by atoms with Gasteiger partial charge >= 0.3 is 12.4 Å². The first kappa shape index (κ1) is 29.1. The van der Waals surface area contributed by atoms with E-state index in [0.717, 1.165) is 12.1 Å². The van der Waals surface area contributed by atoms with Crippen LogP contribution in [0.25, 0.3) is 0 Å². The number of halogens is 6. The second-order valence-electron chi connectivity index (χ2n) is 10.3. The van der Waals surface area contributed by atoms with Gasteiger partial charge in [-0.1, -0.05) is 12.1 Å². The molecule has 3 heterocycles. The van der Waals surface area contributed by atoms with Gasteiger partial charge in [-0.3, -0.25) is 4.79 Å². The fourth-order valence-corrected chi connectivity index (χ4v) is 5.20. The third-order valence-corrected chi connectivity index (χ3v) is 7.52. The van der Waals surface area contributed by atoms with Crippen LogP contribution in [0.5, 0.6) is 0 Å². The van der Waals surface area contributed by atoms with Gasteiger partial charge in [-0.25, -0.2) is 9.97 Å². The van der Waals surface area contributed by atoms with E-state index in [4.69, 9.17) is 0 Å². The average molecular weight is 559 g/mol. The van der Waals surface area contributed by atoms with Crippen molar-refractivity contribution < 1.29 is 36.2 Å². The van der Waals surface area contributed by atoms with E-state index in [1.54, 1.807) is 15.9 Å². The molecular weight excluding hydrogens is 526 g/mol. The van der Waals surface area contributed by atoms with Gasteiger partial charge in [0.25, 0.3) is 0 Å². The predicted octanol–water partition coefficient (Wildman–Crippen LogP) is 5.53. The fourth-order valence-electron chi connectivity index (χ4n) is 5.20. The normalized spacial score (nSPS) is 19.4. The SMILES string of the molecule is O=C(CCCc1ccc(C(F)(F)F)cc1)[C@@H]1CCCN(c2cc(N3CCC(CO)CC3)nc(C(F)(F)F)n2)C1. The molecule has 6 nitrogen and oxygen atoms in total. The number of benzene rings is 1. The van der Waals surface area contributed by atoms with Crippen LogP contribution in [0.3, 0.4) is 0 Å². The molecule has 0 radical (unpaired) electrons. The molecule has 1 aromatic carbocycles. The topological polar surface area (TPSA) is 69.6 Å². The van der Waals surface area contributed by atoms with E-state index in [1.807, 2.05) is 0 Å². The Hall–Kier alpha value is -2.89. The lowest BCUT2D eigenvalue weighted by atomic mass is 9.90. The van der Waals surface area contributed by atoms with Gasteiger partial charge in [0, 0.05) is 51.2 Å². The van der Waals surface area contributed by atoms with E-state index in [2.05, 4.69) is 9.97 Å². The molecule has 2 aliphatic heterocycles. The number of aliphatic hydroxyl groups excluding tert-OH is 1. The first-order valence-corrected chi connectivity index (χ1v) is 13.2. The highest BCUT2D eigenvalue weighted by Crippen LogP contribution is 2.33. The first-order valence-electron chi connectivity index (χ1n) is 13.2. The van der Waals surface area contributed by atoms with Gasteiger partial charge in [-0.2, -0.15) is 26.3 Å². The number of ketones is 1. The number of anilines is 2. The minimum absolute atomic E-state index is 0.0111. The first-order chi connectivity index (χ1) is 18.4. The third-order valence-electron chi connectivity index (χ3n) is 7.52.